The number of nitrogens with one attached hydrogen (secondary N) is 1. The summed E-state index contributed by atoms with van der Waals surface area (Å²) in [4.78, 5) is 21.8. The van der Waals surface area contributed by atoms with Crippen LogP contribution in [0.15, 0.2) is 29.1 Å². The molecule has 118 valence electrons. The fourth-order valence-corrected chi connectivity index (χ4v) is 3.18. The molecule has 1 aromatic heterocycles. The van der Waals surface area contributed by atoms with Gasteiger partial charge in [0.15, 0.2) is 0 Å². The van der Waals surface area contributed by atoms with Gasteiger partial charge in [-0.2, -0.15) is 0 Å². The van der Waals surface area contributed by atoms with Gasteiger partial charge in [0.1, 0.15) is 5.82 Å². The number of aromatic nitrogens is 2. The number of nitrogens with zero attached hydrogens (tertiary/aromatic N) is 2. The lowest BCUT2D eigenvalue weighted by Gasteiger charge is -2.33. The number of fused-ring (bicyclic) bond motifs is 1. The highest BCUT2D eigenvalue weighted by Gasteiger charge is 2.22. The van der Waals surface area contributed by atoms with Crippen molar-refractivity contribution >= 4 is 10.9 Å². The van der Waals surface area contributed by atoms with Crippen molar-refractivity contribution in [2.45, 2.75) is 32.3 Å². The number of aromatic amines is 1. The summed E-state index contributed by atoms with van der Waals surface area (Å²) in [5.74, 6) is 1.18. The van der Waals surface area contributed by atoms with E-state index in [-0.39, 0.29) is 11.7 Å². The molecule has 0 aliphatic carbocycles. The topological polar surface area (TPSA) is 69.2 Å². The largest absolute Gasteiger partial charge is 0.393 e. The van der Waals surface area contributed by atoms with Crippen LogP contribution in [-0.4, -0.2) is 45.7 Å². The van der Waals surface area contributed by atoms with Crippen molar-refractivity contribution in [3.63, 3.8) is 0 Å². The van der Waals surface area contributed by atoms with Gasteiger partial charge >= 0.3 is 0 Å². The molecule has 1 aliphatic rings. The van der Waals surface area contributed by atoms with E-state index in [1.165, 1.54) is 0 Å². The van der Waals surface area contributed by atoms with Crippen molar-refractivity contribution in [3.8, 4) is 0 Å². The number of hydrogen-bond donors (Lipinski definition) is 2. The standard InChI is InChI=1S/C17H23N3O2/c1-12(21)13-6-9-20(10-7-13)11-8-16-18-15-5-3-2-4-14(15)17(22)19-16/h2-5,12-13,21H,6-11H2,1H3,(H,18,19,22). The maximum atomic E-state index is 12.0. The Morgan fingerprint density at radius 1 is 1.36 bits per heavy atom. The molecule has 22 heavy (non-hydrogen) atoms. The Morgan fingerprint density at radius 3 is 2.82 bits per heavy atom. The Bertz CT molecular complexity index is 688. The van der Waals surface area contributed by atoms with Crippen molar-refractivity contribution in [2.24, 2.45) is 5.92 Å². The van der Waals surface area contributed by atoms with E-state index in [1.807, 2.05) is 25.1 Å². The second-order valence-corrected chi connectivity index (χ2v) is 6.20. The summed E-state index contributed by atoms with van der Waals surface area (Å²) in [6.45, 7) is 4.79. The first-order valence-corrected chi connectivity index (χ1v) is 8.02. The van der Waals surface area contributed by atoms with Crippen molar-refractivity contribution in [1.82, 2.24) is 14.9 Å². The Labute approximate surface area is 130 Å². The van der Waals surface area contributed by atoms with Crippen molar-refractivity contribution in [1.29, 1.82) is 0 Å². The lowest BCUT2D eigenvalue weighted by molar-refractivity contribution is 0.0721. The van der Waals surface area contributed by atoms with Gasteiger partial charge in [-0.15, -0.1) is 0 Å². The Morgan fingerprint density at radius 2 is 2.09 bits per heavy atom. The number of para-hydroxylation sites is 1. The molecule has 0 saturated carbocycles. The molecule has 0 radical (unpaired) electrons. The van der Waals surface area contributed by atoms with Gasteiger partial charge in [-0.3, -0.25) is 4.79 Å². The second kappa shape index (κ2) is 6.58. The molecule has 2 N–H and O–H groups in total. The number of likely N-dealkylation sites (tertiary alicyclic amines) is 1. The number of aliphatic hydroxyl groups excluding tert-OH is 1. The summed E-state index contributed by atoms with van der Waals surface area (Å²) in [6.07, 6.45) is 2.62. The fourth-order valence-electron chi connectivity index (χ4n) is 3.18. The molecular formula is C17H23N3O2. The monoisotopic (exact) mass is 301 g/mol. The van der Waals surface area contributed by atoms with Gasteiger partial charge in [-0.1, -0.05) is 12.1 Å². The van der Waals surface area contributed by atoms with Crippen LogP contribution in [0.2, 0.25) is 0 Å². The average Bonchev–Trinajstić information content (AvgIpc) is 2.53. The normalized spacial score (nSPS) is 18.6. The molecule has 1 aromatic carbocycles. The Kier molecular flexibility index (Phi) is 4.55. The SMILES string of the molecule is CC(O)C1CCN(CCc2nc3ccccc3c(=O)[nH]2)CC1. The molecule has 5 heteroatoms. The van der Waals surface area contributed by atoms with Gasteiger partial charge in [0.25, 0.3) is 5.56 Å². The van der Waals surface area contributed by atoms with Crippen LogP contribution in [0.5, 0.6) is 0 Å². The van der Waals surface area contributed by atoms with E-state index in [4.69, 9.17) is 0 Å². The smallest absolute Gasteiger partial charge is 0.258 e. The fraction of sp³-hybridized carbons (Fsp3) is 0.529. The quantitative estimate of drug-likeness (QED) is 0.899. The molecule has 3 rings (SSSR count). The first-order valence-electron chi connectivity index (χ1n) is 8.02. The van der Waals surface area contributed by atoms with Crippen LogP contribution >= 0.6 is 0 Å². The van der Waals surface area contributed by atoms with Gasteiger partial charge in [0.2, 0.25) is 0 Å². The zero-order valence-corrected chi connectivity index (χ0v) is 13.0. The van der Waals surface area contributed by atoms with Crippen LogP contribution in [0.3, 0.4) is 0 Å². The first-order chi connectivity index (χ1) is 10.6. The summed E-state index contributed by atoms with van der Waals surface area (Å²) in [5, 5.41) is 10.3. The minimum atomic E-state index is -0.208. The number of H-pyrrole nitrogens is 1. The number of piperidine rings is 1. The second-order valence-electron chi connectivity index (χ2n) is 6.20. The molecule has 0 spiro atoms. The number of rotatable bonds is 4. The highest BCUT2D eigenvalue weighted by Crippen LogP contribution is 2.20. The van der Waals surface area contributed by atoms with Crippen LogP contribution in [0.25, 0.3) is 10.9 Å². The van der Waals surface area contributed by atoms with E-state index in [9.17, 15) is 9.90 Å². The summed E-state index contributed by atoms with van der Waals surface area (Å²) in [5.41, 5.74) is 0.697. The summed E-state index contributed by atoms with van der Waals surface area (Å²) >= 11 is 0. The van der Waals surface area contributed by atoms with E-state index >= 15 is 0 Å². The van der Waals surface area contributed by atoms with Crippen molar-refractivity contribution < 1.29 is 5.11 Å². The molecule has 1 atom stereocenters. The van der Waals surface area contributed by atoms with E-state index in [0.29, 0.717) is 11.3 Å². The van der Waals surface area contributed by atoms with Gasteiger partial charge in [0.05, 0.1) is 17.0 Å². The van der Waals surface area contributed by atoms with Crippen molar-refractivity contribution in [3.05, 3.63) is 40.4 Å². The minimum absolute atomic E-state index is 0.0617. The molecule has 1 aliphatic heterocycles. The molecule has 2 heterocycles. The van der Waals surface area contributed by atoms with Crippen LogP contribution in [0.1, 0.15) is 25.6 Å². The van der Waals surface area contributed by atoms with Crippen LogP contribution in [-0.2, 0) is 6.42 Å². The number of hydrogen-bond acceptors (Lipinski definition) is 4. The van der Waals surface area contributed by atoms with E-state index in [0.717, 1.165) is 50.2 Å². The Balaban J connectivity index is 1.62. The third kappa shape index (κ3) is 3.36. The van der Waals surface area contributed by atoms with Crippen molar-refractivity contribution in [2.75, 3.05) is 19.6 Å². The van der Waals surface area contributed by atoms with Crippen LogP contribution in [0, 0.1) is 5.92 Å². The molecule has 2 aromatic rings. The molecule has 1 fully saturated rings. The first kappa shape index (κ1) is 15.2. The average molecular weight is 301 g/mol. The van der Waals surface area contributed by atoms with Gasteiger partial charge in [-0.25, -0.2) is 4.98 Å². The molecule has 1 saturated heterocycles. The predicted octanol–water partition coefficient (Wildman–Crippen LogP) is 1.56. The summed E-state index contributed by atoms with van der Waals surface area (Å²) in [6, 6.07) is 7.43. The third-order valence-corrected chi connectivity index (χ3v) is 4.64. The lowest BCUT2D eigenvalue weighted by atomic mass is 9.92. The lowest BCUT2D eigenvalue weighted by Crippen LogP contribution is -2.38. The van der Waals surface area contributed by atoms with E-state index in [2.05, 4.69) is 14.9 Å². The highest BCUT2D eigenvalue weighted by atomic mass is 16.3. The minimum Gasteiger partial charge on any atom is -0.393 e. The summed E-state index contributed by atoms with van der Waals surface area (Å²) < 4.78 is 0. The van der Waals surface area contributed by atoms with Gasteiger partial charge in [0, 0.05) is 13.0 Å². The molecule has 0 bridgehead atoms. The molecule has 5 nitrogen and oxygen atoms in total. The number of benzene rings is 1. The highest BCUT2D eigenvalue weighted by molar-refractivity contribution is 5.77. The zero-order valence-electron chi connectivity index (χ0n) is 13.0. The van der Waals surface area contributed by atoms with E-state index in [1.54, 1.807) is 6.07 Å². The maximum absolute atomic E-state index is 12.0. The van der Waals surface area contributed by atoms with Crippen LogP contribution < -0.4 is 5.56 Å². The third-order valence-electron chi connectivity index (χ3n) is 4.64. The molecule has 1 unspecified atom stereocenters. The van der Waals surface area contributed by atoms with Gasteiger partial charge in [-0.05, 0) is 50.9 Å². The summed E-state index contributed by atoms with van der Waals surface area (Å²) in [7, 11) is 0. The Hall–Kier alpha value is -1.72. The zero-order chi connectivity index (χ0) is 15.5. The number of aliphatic hydroxyl groups is 1. The molecular weight excluding hydrogens is 278 g/mol. The van der Waals surface area contributed by atoms with Crippen LogP contribution in [0.4, 0.5) is 0 Å². The van der Waals surface area contributed by atoms with Gasteiger partial charge < -0.3 is 15.0 Å². The maximum Gasteiger partial charge on any atom is 0.258 e. The predicted molar refractivity (Wildman–Crippen MR) is 86.9 cm³/mol. The molecule has 0 amide bonds. The van der Waals surface area contributed by atoms with E-state index < -0.39 is 0 Å².